The summed E-state index contributed by atoms with van der Waals surface area (Å²) in [6.45, 7) is 3.00. The minimum Gasteiger partial charge on any atom is -0.348 e. The van der Waals surface area contributed by atoms with Crippen molar-refractivity contribution in [1.82, 2.24) is 25.0 Å². The Morgan fingerprint density at radius 1 is 1.19 bits per heavy atom. The van der Waals surface area contributed by atoms with E-state index in [2.05, 4.69) is 32.6 Å². The molecule has 4 aromatic heterocycles. The molecule has 0 radical (unpaired) electrons. The monoisotopic (exact) mass is 429 g/mol. The third kappa shape index (κ3) is 3.97. The standard InChI is InChI=1S/C23H19N5O2S/c1-15-21-18(11-19(20-3-2-10-31-20)26-23(21)30-27-15)22(29)25-12-16-4-6-17(7-5-16)13-28-9-8-24-14-28/h2-11,14H,12-13H2,1H3,(H,25,29). The van der Waals surface area contributed by atoms with Crippen LogP contribution >= 0.6 is 11.3 Å². The van der Waals surface area contributed by atoms with Crippen LogP contribution in [0.2, 0.25) is 0 Å². The SMILES string of the molecule is Cc1noc2nc(-c3cccs3)cc(C(=O)NCc3ccc(Cn4ccnc4)cc3)c12. The minimum absolute atomic E-state index is 0.181. The van der Waals surface area contributed by atoms with Gasteiger partial charge in [-0.25, -0.2) is 9.97 Å². The van der Waals surface area contributed by atoms with Gasteiger partial charge in [0.2, 0.25) is 0 Å². The maximum Gasteiger partial charge on any atom is 0.259 e. The second kappa shape index (κ2) is 8.16. The number of nitrogens with one attached hydrogen (secondary N) is 1. The van der Waals surface area contributed by atoms with Crippen molar-refractivity contribution in [1.29, 1.82) is 0 Å². The third-order valence-corrected chi connectivity index (χ3v) is 5.93. The number of amides is 1. The number of nitrogens with zero attached hydrogens (tertiary/aromatic N) is 4. The van der Waals surface area contributed by atoms with Crippen molar-refractivity contribution in [3.8, 4) is 10.6 Å². The highest BCUT2D eigenvalue weighted by Gasteiger charge is 2.19. The van der Waals surface area contributed by atoms with Gasteiger partial charge in [-0.05, 0) is 35.6 Å². The largest absolute Gasteiger partial charge is 0.348 e. The van der Waals surface area contributed by atoms with E-state index >= 15 is 0 Å². The molecule has 5 rings (SSSR count). The van der Waals surface area contributed by atoms with Crippen LogP contribution in [0.25, 0.3) is 21.7 Å². The molecule has 0 unspecified atom stereocenters. The number of rotatable bonds is 6. The van der Waals surface area contributed by atoms with Gasteiger partial charge in [-0.1, -0.05) is 35.5 Å². The fraction of sp³-hybridized carbons (Fsp3) is 0.130. The summed E-state index contributed by atoms with van der Waals surface area (Å²) < 4.78 is 7.37. The normalized spacial score (nSPS) is 11.1. The summed E-state index contributed by atoms with van der Waals surface area (Å²) in [6, 6.07) is 13.9. The fourth-order valence-corrected chi connectivity index (χ4v) is 4.14. The summed E-state index contributed by atoms with van der Waals surface area (Å²) in [7, 11) is 0. The van der Waals surface area contributed by atoms with E-state index in [1.807, 2.05) is 53.4 Å². The van der Waals surface area contributed by atoms with Crippen molar-refractivity contribution in [2.24, 2.45) is 0 Å². The molecule has 154 valence electrons. The predicted octanol–water partition coefficient (Wildman–Crippen LogP) is 4.43. The van der Waals surface area contributed by atoms with Crippen LogP contribution in [-0.4, -0.2) is 25.6 Å². The summed E-state index contributed by atoms with van der Waals surface area (Å²) in [6.07, 6.45) is 5.49. The summed E-state index contributed by atoms with van der Waals surface area (Å²) >= 11 is 1.56. The highest BCUT2D eigenvalue weighted by molar-refractivity contribution is 7.13. The third-order valence-electron chi connectivity index (χ3n) is 5.04. The number of hydrogen-bond donors (Lipinski definition) is 1. The first-order valence-electron chi connectivity index (χ1n) is 9.80. The van der Waals surface area contributed by atoms with E-state index in [0.29, 0.717) is 34.6 Å². The Morgan fingerprint density at radius 3 is 2.77 bits per heavy atom. The molecule has 0 bridgehead atoms. The number of aryl methyl sites for hydroxylation is 1. The second-order valence-corrected chi connectivity index (χ2v) is 8.16. The molecule has 1 amide bonds. The first-order chi connectivity index (χ1) is 15.2. The molecule has 0 aliphatic heterocycles. The molecule has 1 aromatic carbocycles. The van der Waals surface area contributed by atoms with E-state index in [9.17, 15) is 4.79 Å². The second-order valence-electron chi connectivity index (χ2n) is 7.21. The Morgan fingerprint density at radius 2 is 2.03 bits per heavy atom. The van der Waals surface area contributed by atoms with Crippen LogP contribution in [0.5, 0.6) is 0 Å². The number of carbonyl (C=O) groups excluding carboxylic acids is 1. The summed E-state index contributed by atoms with van der Waals surface area (Å²) in [5.41, 5.74) is 4.43. The lowest BCUT2D eigenvalue weighted by molar-refractivity contribution is 0.0952. The van der Waals surface area contributed by atoms with Crippen molar-refractivity contribution in [3.05, 3.63) is 88.9 Å². The Balaban J connectivity index is 1.35. The van der Waals surface area contributed by atoms with E-state index in [-0.39, 0.29) is 5.91 Å². The molecular formula is C23H19N5O2S. The molecule has 0 saturated heterocycles. The van der Waals surface area contributed by atoms with Gasteiger partial charge in [0.15, 0.2) is 0 Å². The molecule has 0 fully saturated rings. The smallest absolute Gasteiger partial charge is 0.259 e. The molecule has 4 heterocycles. The minimum atomic E-state index is -0.181. The van der Waals surface area contributed by atoms with E-state index in [4.69, 9.17) is 4.52 Å². The maximum atomic E-state index is 13.1. The first kappa shape index (κ1) is 19.2. The average molecular weight is 430 g/mol. The predicted molar refractivity (Wildman–Crippen MR) is 119 cm³/mol. The molecule has 0 atom stereocenters. The molecule has 0 aliphatic rings. The van der Waals surface area contributed by atoms with Crippen LogP contribution in [0.3, 0.4) is 0 Å². The number of imidazole rings is 1. The molecule has 5 aromatic rings. The lowest BCUT2D eigenvalue weighted by atomic mass is 10.1. The molecule has 7 nitrogen and oxygen atoms in total. The average Bonchev–Trinajstić information content (AvgIpc) is 3.55. The van der Waals surface area contributed by atoms with Gasteiger partial charge in [-0.15, -0.1) is 11.3 Å². The van der Waals surface area contributed by atoms with E-state index in [1.165, 1.54) is 5.56 Å². The van der Waals surface area contributed by atoms with E-state index in [0.717, 1.165) is 17.0 Å². The number of thiophene rings is 1. The van der Waals surface area contributed by atoms with Crippen molar-refractivity contribution in [3.63, 3.8) is 0 Å². The summed E-state index contributed by atoms with van der Waals surface area (Å²) in [5.74, 6) is -0.181. The van der Waals surface area contributed by atoms with Crippen LogP contribution in [0.15, 0.2) is 71.1 Å². The van der Waals surface area contributed by atoms with Crippen molar-refractivity contribution >= 4 is 28.3 Å². The van der Waals surface area contributed by atoms with Gasteiger partial charge >= 0.3 is 0 Å². The van der Waals surface area contributed by atoms with E-state index in [1.54, 1.807) is 23.9 Å². The molecule has 0 spiro atoms. The topological polar surface area (TPSA) is 85.8 Å². The first-order valence-corrected chi connectivity index (χ1v) is 10.7. The van der Waals surface area contributed by atoms with Crippen molar-refractivity contribution in [2.45, 2.75) is 20.0 Å². The van der Waals surface area contributed by atoms with Gasteiger partial charge in [-0.3, -0.25) is 4.79 Å². The van der Waals surface area contributed by atoms with Crippen LogP contribution in [0.1, 0.15) is 27.2 Å². The summed E-state index contributed by atoms with van der Waals surface area (Å²) in [4.78, 5) is 22.6. The van der Waals surface area contributed by atoms with Gasteiger partial charge < -0.3 is 14.4 Å². The molecule has 0 saturated carbocycles. The molecule has 8 heteroatoms. The maximum absolute atomic E-state index is 13.1. The Hall–Kier alpha value is -3.78. The highest BCUT2D eigenvalue weighted by atomic mass is 32.1. The van der Waals surface area contributed by atoms with Crippen LogP contribution in [0.4, 0.5) is 0 Å². The van der Waals surface area contributed by atoms with Gasteiger partial charge in [-0.2, -0.15) is 0 Å². The highest BCUT2D eigenvalue weighted by Crippen LogP contribution is 2.29. The number of carbonyl (C=O) groups is 1. The fourth-order valence-electron chi connectivity index (χ4n) is 3.46. The molecule has 31 heavy (non-hydrogen) atoms. The number of hydrogen-bond acceptors (Lipinski definition) is 6. The summed E-state index contributed by atoms with van der Waals surface area (Å²) in [5, 5.41) is 9.64. The van der Waals surface area contributed by atoms with Crippen LogP contribution in [-0.2, 0) is 13.1 Å². The molecular weight excluding hydrogens is 410 g/mol. The number of fused-ring (bicyclic) bond motifs is 1. The molecule has 1 N–H and O–H groups in total. The van der Waals surface area contributed by atoms with Gasteiger partial charge in [0.05, 0.1) is 33.5 Å². The zero-order chi connectivity index (χ0) is 21.2. The van der Waals surface area contributed by atoms with Crippen LogP contribution < -0.4 is 5.32 Å². The number of benzene rings is 1. The van der Waals surface area contributed by atoms with Gasteiger partial charge in [0.1, 0.15) is 0 Å². The zero-order valence-corrected chi connectivity index (χ0v) is 17.6. The zero-order valence-electron chi connectivity index (χ0n) is 16.8. The number of aromatic nitrogens is 4. The van der Waals surface area contributed by atoms with Crippen LogP contribution in [0, 0.1) is 6.92 Å². The van der Waals surface area contributed by atoms with E-state index < -0.39 is 0 Å². The Bertz CT molecular complexity index is 1320. The van der Waals surface area contributed by atoms with Crippen molar-refractivity contribution < 1.29 is 9.32 Å². The Labute approximate surface area is 182 Å². The Kier molecular flexibility index (Phi) is 5.05. The number of pyridine rings is 1. The van der Waals surface area contributed by atoms with Crippen molar-refractivity contribution in [2.75, 3.05) is 0 Å². The van der Waals surface area contributed by atoms with Gasteiger partial charge in [0.25, 0.3) is 11.6 Å². The molecule has 0 aliphatic carbocycles. The lowest BCUT2D eigenvalue weighted by Gasteiger charge is -2.09. The van der Waals surface area contributed by atoms with Gasteiger partial charge in [0, 0.05) is 25.5 Å². The quantitative estimate of drug-likeness (QED) is 0.431. The lowest BCUT2D eigenvalue weighted by Crippen LogP contribution is -2.23.